The molecule has 0 unspecified atom stereocenters. The van der Waals surface area contributed by atoms with Gasteiger partial charge in [0.1, 0.15) is 5.82 Å². The van der Waals surface area contributed by atoms with E-state index in [4.69, 9.17) is 0 Å². The lowest BCUT2D eigenvalue weighted by atomic mass is 9.97. The van der Waals surface area contributed by atoms with E-state index in [1.54, 1.807) is 12.1 Å². The number of thiol groups is 1. The molecule has 0 saturated heterocycles. The van der Waals surface area contributed by atoms with Gasteiger partial charge in [-0.05, 0) is 43.7 Å². The summed E-state index contributed by atoms with van der Waals surface area (Å²) in [5.41, 5.74) is 2.12. The Morgan fingerprint density at radius 3 is 1.79 bits per heavy atom. The van der Waals surface area contributed by atoms with E-state index in [0.29, 0.717) is 11.1 Å². The number of hydrogen-bond donors (Lipinski definition) is 1. The van der Waals surface area contributed by atoms with Crippen molar-refractivity contribution in [3.05, 3.63) is 71.0 Å². The molecule has 3 heteroatoms. The summed E-state index contributed by atoms with van der Waals surface area (Å²) in [6, 6.07) is 12.9. The molecule has 0 amide bonds. The van der Waals surface area contributed by atoms with E-state index < -0.39 is 0 Å². The molecule has 0 aromatic heterocycles. The quantitative estimate of drug-likeness (QED) is 0.655. The van der Waals surface area contributed by atoms with E-state index in [-0.39, 0.29) is 16.3 Å². The van der Waals surface area contributed by atoms with Crippen molar-refractivity contribution in [3.8, 4) is 0 Å². The SMILES string of the molecule is CC(C)(S)c1ccc(C(=O)c2ccc(F)cc2)cc1. The minimum atomic E-state index is -0.344. The summed E-state index contributed by atoms with van der Waals surface area (Å²) in [6.07, 6.45) is 0. The van der Waals surface area contributed by atoms with Gasteiger partial charge in [0.2, 0.25) is 0 Å². The van der Waals surface area contributed by atoms with Crippen molar-refractivity contribution in [2.75, 3.05) is 0 Å². The summed E-state index contributed by atoms with van der Waals surface area (Å²) >= 11 is 4.48. The molecule has 0 aliphatic carbocycles. The van der Waals surface area contributed by atoms with Gasteiger partial charge in [0.05, 0.1) is 0 Å². The van der Waals surface area contributed by atoms with Crippen molar-refractivity contribution in [2.45, 2.75) is 18.6 Å². The number of carbonyl (C=O) groups is 1. The van der Waals surface area contributed by atoms with Gasteiger partial charge in [0.25, 0.3) is 0 Å². The lowest BCUT2D eigenvalue weighted by Gasteiger charge is -2.17. The topological polar surface area (TPSA) is 17.1 Å². The van der Waals surface area contributed by atoms with Crippen molar-refractivity contribution in [1.29, 1.82) is 0 Å². The van der Waals surface area contributed by atoms with E-state index in [1.165, 1.54) is 24.3 Å². The first kappa shape index (κ1) is 13.8. The molecule has 0 bridgehead atoms. The Balaban J connectivity index is 2.27. The molecule has 2 rings (SSSR count). The van der Waals surface area contributed by atoms with Gasteiger partial charge >= 0.3 is 0 Å². The van der Waals surface area contributed by atoms with Gasteiger partial charge < -0.3 is 0 Å². The Bertz CT molecular complexity index is 580. The first-order chi connectivity index (χ1) is 8.88. The van der Waals surface area contributed by atoms with Gasteiger partial charge in [-0.1, -0.05) is 24.3 Å². The highest BCUT2D eigenvalue weighted by Crippen LogP contribution is 2.27. The van der Waals surface area contributed by atoms with Crippen molar-refractivity contribution >= 4 is 18.4 Å². The Kier molecular flexibility index (Phi) is 3.76. The maximum Gasteiger partial charge on any atom is 0.193 e. The third-order valence-corrected chi connectivity index (χ3v) is 3.22. The van der Waals surface area contributed by atoms with Gasteiger partial charge in [0, 0.05) is 15.9 Å². The van der Waals surface area contributed by atoms with Crippen LogP contribution in [0.2, 0.25) is 0 Å². The molecule has 0 aliphatic heterocycles. The van der Waals surface area contributed by atoms with Gasteiger partial charge in [-0.15, -0.1) is 0 Å². The van der Waals surface area contributed by atoms with Crippen LogP contribution in [0.4, 0.5) is 4.39 Å². The van der Waals surface area contributed by atoms with E-state index in [1.807, 2.05) is 26.0 Å². The highest BCUT2D eigenvalue weighted by molar-refractivity contribution is 7.81. The summed E-state index contributed by atoms with van der Waals surface area (Å²) in [5.74, 6) is -0.452. The molecule has 0 heterocycles. The van der Waals surface area contributed by atoms with Crippen LogP contribution in [0.25, 0.3) is 0 Å². The molecule has 2 aromatic rings. The third kappa shape index (κ3) is 3.24. The lowest BCUT2D eigenvalue weighted by Crippen LogP contribution is -2.08. The number of hydrogen-bond acceptors (Lipinski definition) is 2. The smallest absolute Gasteiger partial charge is 0.193 e. The molecule has 0 atom stereocenters. The standard InChI is InChI=1S/C16H15FOS/c1-16(2,19)13-7-3-11(4-8-13)15(18)12-5-9-14(17)10-6-12/h3-10,19H,1-2H3. The second kappa shape index (κ2) is 5.17. The summed E-state index contributed by atoms with van der Waals surface area (Å²) < 4.78 is 12.6. The first-order valence-electron chi connectivity index (χ1n) is 6.01. The van der Waals surface area contributed by atoms with Gasteiger partial charge in [-0.3, -0.25) is 4.79 Å². The molecule has 0 radical (unpaired) electrons. The Labute approximate surface area is 117 Å². The maximum atomic E-state index is 12.8. The van der Waals surface area contributed by atoms with E-state index in [9.17, 15) is 9.18 Å². The second-order valence-electron chi connectivity index (χ2n) is 4.97. The molecule has 19 heavy (non-hydrogen) atoms. The predicted molar refractivity (Wildman–Crippen MR) is 78.3 cm³/mol. The van der Waals surface area contributed by atoms with Crippen LogP contribution in [0, 0.1) is 5.82 Å². The summed E-state index contributed by atoms with van der Waals surface area (Å²) in [5, 5.41) is 0. The maximum absolute atomic E-state index is 12.8. The van der Waals surface area contributed by atoms with E-state index in [0.717, 1.165) is 5.56 Å². The number of carbonyl (C=O) groups excluding carboxylic acids is 1. The molecule has 0 aliphatic rings. The lowest BCUT2D eigenvalue weighted by molar-refractivity contribution is 0.103. The predicted octanol–water partition coefficient (Wildman–Crippen LogP) is 4.22. The second-order valence-corrected chi connectivity index (χ2v) is 6.09. The van der Waals surface area contributed by atoms with Crippen LogP contribution in [0.5, 0.6) is 0 Å². The molecule has 1 nitrogen and oxygen atoms in total. The minimum Gasteiger partial charge on any atom is -0.289 e. The average Bonchev–Trinajstić information content (AvgIpc) is 2.38. The zero-order valence-corrected chi connectivity index (χ0v) is 11.7. The van der Waals surface area contributed by atoms with E-state index in [2.05, 4.69) is 12.6 Å². The van der Waals surface area contributed by atoms with Crippen molar-refractivity contribution in [2.24, 2.45) is 0 Å². The van der Waals surface area contributed by atoms with Crippen LogP contribution in [-0.2, 0) is 4.75 Å². The molecule has 0 saturated carbocycles. The molecule has 0 fully saturated rings. The van der Waals surface area contributed by atoms with Crippen LogP contribution in [0.3, 0.4) is 0 Å². The molecule has 0 spiro atoms. The van der Waals surface area contributed by atoms with Gasteiger partial charge in [-0.2, -0.15) is 12.6 Å². The highest BCUT2D eigenvalue weighted by atomic mass is 32.1. The highest BCUT2D eigenvalue weighted by Gasteiger charge is 2.15. The zero-order chi connectivity index (χ0) is 14.0. The third-order valence-electron chi connectivity index (χ3n) is 2.96. The fourth-order valence-electron chi connectivity index (χ4n) is 1.80. The van der Waals surface area contributed by atoms with Gasteiger partial charge in [0.15, 0.2) is 5.78 Å². The fraction of sp³-hybridized carbons (Fsp3) is 0.188. The van der Waals surface area contributed by atoms with Crippen molar-refractivity contribution in [1.82, 2.24) is 0 Å². The number of ketones is 1. The minimum absolute atomic E-state index is 0.108. The first-order valence-corrected chi connectivity index (χ1v) is 6.46. The van der Waals surface area contributed by atoms with Crippen molar-refractivity contribution in [3.63, 3.8) is 0 Å². The van der Waals surface area contributed by atoms with Crippen LogP contribution >= 0.6 is 12.6 Å². The fourth-order valence-corrected chi connectivity index (χ4v) is 1.95. The zero-order valence-electron chi connectivity index (χ0n) is 10.9. The van der Waals surface area contributed by atoms with E-state index >= 15 is 0 Å². The Morgan fingerprint density at radius 2 is 1.37 bits per heavy atom. The normalized spacial score (nSPS) is 11.4. The van der Waals surface area contributed by atoms with Crippen LogP contribution in [-0.4, -0.2) is 5.78 Å². The Morgan fingerprint density at radius 1 is 0.947 bits per heavy atom. The van der Waals surface area contributed by atoms with Gasteiger partial charge in [-0.25, -0.2) is 4.39 Å². The van der Waals surface area contributed by atoms with Crippen LogP contribution in [0.1, 0.15) is 35.3 Å². The van der Waals surface area contributed by atoms with Crippen LogP contribution in [0.15, 0.2) is 48.5 Å². The average molecular weight is 274 g/mol. The largest absolute Gasteiger partial charge is 0.289 e. The Hall–Kier alpha value is -1.61. The summed E-state index contributed by atoms with van der Waals surface area (Å²) in [7, 11) is 0. The number of rotatable bonds is 3. The monoisotopic (exact) mass is 274 g/mol. The summed E-state index contributed by atoms with van der Waals surface area (Å²) in [4.78, 5) is 12.2. The van der Waals surface area contributed by atoms with Crippen LogP contribution < -0.4 is 0 Å². The molecule has 2 aromatic carbocycles. The molecular weight excluding hydrogens is 259 g/mol. The molecule has 98 valence electrons. The van der Waals surface area contributed by atoms with Crippen molar-refractivity contribution < 1.29 is 9.18 Å². The molecule has 0 N–H and O–H groups in total. The number of benzene rings is 2. The number of halogens is 1. The summed E-state index contributed by atoms with van der Waals surface area (Å²) in [6.45, 7) is 3.99. The molecular formula is C16H15FOS.